The van der Waals surface area contributed by atoms with Crippen molar-refractivity contribution in [3.63, 3.8) is 0 Å². The van der Waals surface area contributed by atoms with Crippen molar-refractivity contribution < 1.29 is 19.7 Å². The summed E-state index contributed by atoms with van der Waals surface area (Å²) >= 11 is 0. The quantitative estimate of drug-likeness (QED) is 0.554. The lowest BCUT2D eigenvalue weighted by molar-refractivity contribution is -0.255. The Morgan fingerprint density at radius 1 is 1.57 bits per heavy atom. The molecule has 1 aromatic rings. The van der Waals surface area contributed by atoms with E-state index in [1.165, 1.54) is 0 Å². The maximum Gasteiger partial charge on any atom is 0.331 e. The third kappa shape index (κ3) is 1.58. The predicted octanol–water partition coefficient (Wildman–Crippen LogP) is -2.38. The monoisotopic (exact) mass is 295 g/mol. The molecule has 2 aliphatic heterocycles. The summed E-state index contributed by atoms with van der Waals surface area (Å²) in [4.78, 5) is 25.2. The smallest absolute Gasteiger partial charge is 0.331 e. The van der Waals surface area contributed by atoms with Crippen LogP contribution in [0.3, 0.4) is 0 Å². The average Bonchev–Trinajstić information content (AvgIpc) is 2.68. The highest BCUT2D eigenvalue weighted by atomic mass is 16.6. The van der Waals surface area contributed by atoms with Crippen molar-refractivity contribution >= 4 is 0 Å². The number of aromatic nitrogens is 2. The van der Waals surface area contributed by atoms with Gasteiger partial charge in [-0.05, 0) is 0 Å². The lowest BCUT2D eigenvalue weighted by Crippen LogP contribution is -2.66. The Hall–Kier alpha value is -1.99. The Morgan fingerprint density at radius 2 is 2.29 bits per heavy atom. The van der Waals surface area contributed by atoms with E-state index in [9.17, 15) is 25.1 Å². The van der Waals surface area contributed by atoms with Gasteiger partial charge >= 0.3 is 5.69 Å². The first-order valence-electron chi connectivity index (χ1n) is 6.35. The van der Waals surface area contributed by atoms with Gasteiger partial charge in [-0.25, -0.2) is 4.79 Å². The molecule has 0 saturated carbocycles. The molecule has 0 unspecified atom stereocenters. The summed E-state index contributed by atoms with van der Waals surface area (Å²) in [5.74, 6) is 0. The van der Waals surface area contributed by atoms with Crippen molar-refractivity contribution in [3.05, 3.63) is 33.1 Å². The Kier molecular flexibility index (Phi) is 3.00. The Bertz CT molecular complexity index is 715. The first-order chi connectivity index (χ1) is 10.0. The minimum absolute atomic E-state index is 0.282. The van der Waals surface area contributed by atoms with Crippen molar-refractivity contribution in [1.82, 2.24) is 9.55 Å². The number of nitriles is 1. The van der Waals surface area contributed by atoms with Crippen molar-refractivity contribution in [3.8, 4) is 6.07 Å². The Morgan fingerprint density at radius 3 is 2.76 bits per heavy atom. The van der Waals surface area contributed by atoms with Gasteiger partial charge in [0.05, 0.1) is 13.2 Å². The fraction of sp³-hybridized carbons (Fsp3) is 0.583. The second kappa shape index (κ2) is 4.51. The molecule has 21 heavy (non-hydrogen) atoms. The van der Waals surface area contributed by atoms with Crippen LogP contribution in [-0.2, 0) is 15.2 Å². The minimum Gasteiger partial charge on any atom is -0.394 e. The normalized spacial score (nSPS) is 38.1. The van der Waals surface area contributed by atoms with Gasteiger partial charge < -0.3 is 19.7 Å². The topological polar surface area (TPSA) is 138 Å². The molecule has 3 heterocycles. The zero-order chi connectivity index (χ0) is 15.3. The number of aliphatic hydroxyl groups excluding tert-OH is 2. The van der Waals surface area contributed by atoms with Crippen LogP contribution in [0.5, 0.6) is 0 Å². The predicted molar refractivity (Wildman–Crippen MR) is 66.2 cm³/mol. The fourth-order valence-electron chi connectivity index (χ4n) is 2.94. The van der Waals surface area contributed by atoms with E-state index in [-0.39, 0.29) is 6.42 Å². The molecule has 0 aromatic carbocycles. The lowest BCUT2D eigenvalue weighted by Gasteiger charge is -2.47. The van der Waals surface area contributed by atoms with Gasteiger partial charge in [0.25, 0.3) is 11.3 Å². The number of rotatable bonds is 2. The summed E-state index contributed by atoms with van der Waals surface area (Å²) in [5.41, 5.74) is -4.87. The van der Waals surface area contributed by atoms with Crippen LogP contribution in [0.4, 0.5) is 0 Å². The van der Waals surface area contributed by atoms with Gasteiger partial charge in [0.15, 0.2) is 5.60 Å². The molecule has 1 spiro atoms. The standard InChI is InChI=1S/C12H13N3O6/c13-6-12(15-3-1-8(17)14-10(15)19)11(2-4-20-11)9(18)7(5-16)21-12/h1,3,7,9,16,18H,2,4-5H2,(H,14,17,19)/t7-,9-,11-,12-/m1/s1. The molecule has 0 aliphatic carbocycles. The molecule has 2 saturated heterocycles. The maximum absolute atomic E-state index is 12.0. The van der Waals surface area contributed by atoms with Crippen LogP contribution in [0.25, 0.3) is 0 Å². The summed E-state index contributed by atoms with van der Waals surface area (Å²) in [7, 11) is 0. The molecule has 3 N–H and O–H groups in total. The number of nitrogens with zero attached hydrogens (tertiary/aromatic N) is 2. The molecule has 2 fully saturated rings. The number of nitrogens with one attached hydrogen (secondary N) is 1. The summed E-state index contributed by atoms with van der Waals surface area (Å²) in [5, 5.41) is 29.2. The fourth-order valence-corrected chi connectivity index (χ4v) is 2.94. The van der Waals surface area contributed by atoms with Gasteiger partial charge in [-0.1, -0.05) is 0 Å². The summed E-state index contributed by atoms with van der Waals surface area (Å²) < 4.78 is 11.8. The van der Waals surface area contributed by atoms with Gasteiger partial charge in [0.2, 0.25) is 0 Å². The largest absolute Gasteiger partial charge is 0.394 e. The third-order valence-corrected chi connectivity index (χ3v) is 4.05. The van der Waals surface area contributed by atoms with E-state index in [2.05, 4.69) is 0 Å². The van der Waals surface area contributed by atoms with Gasteiger partial charge in [0, 0.05) is 18.7 Å². The molecular weight excluding hydrogens is 282 g/mol. The van der Waals surface area contributed by atoms with Crippen molar-refractivity contribution in [1.29, 1.82) is 5.26 Å². The highest BCUT2D eigenvalue weighted by molar-refractivity contribution is 5.23. The molecule has 0 radical (unpaired) electrons. The first-order valence-corrected chi connectivity index (χ1v) is 6.35. The average molecular weight is 295 g/mol. The lowest BCUT2D eigenvalue weighted by atomic mass is 9.79. The van der Waals surface area contributed by atoms with Crippen LogP contribution in [-0.4, -0.2) is 50.8 Å². The number of aromatic amines is 1. The van der Waals surface area contributed by atoms with Crippen molar-refractivity contribution in [2.24, 2.45) is 0 Å². The third-order valence-electron chi connectivity index (χ3n) is 4.05. The first kappa shape index (κ1) is 14.0. The van der Waals surface area contributed by atoms with Crippen LogP contribution in [0.1, 0.15) is 6.42 Å². The zero-order valence-corrected chi connectivity index (χ0v) is 10.9. The van der Waals surface area contributed by atoms with Crippen LogP contribution in [0.15, 0.2) is 21.9 Å². The van der Waals surface area contributed by atoms with E-state index >= 15 is 0 Å². The number of hydrogen-bond donors (Lipinski definition) is 3. The molecule has 0 amide bonds. The number of ether oxygens (including phenoxy) is 2. The molecule has 112 valence electrons. The molecule has 1 aromatic heterocycles. The van der Waals surface area contributed by atoms with E-state index in [0.29, 0.717) is 6.61 Å². The SMILES string of the molecule is N#C[C@@]1(n2ccc(=O)[nH]c2=O)O[C@H](CO)[C@@H](O)[C@]12CCO2. The van der Waals surface area contributed by atoms with Crippen molar-refractivity contribution in [2.75, 3.05) is 13.2 Å². The Labute approximate surface area is 118 Å². The van der Waals surface area contributed by atoms with E-state index in [1.54, 1.807) is 0 Å². The van der Waals surface area contributed by atoms with E-state index in [0.717, 1.165) is 16.8 Å². The number of hydrogen-bond acceptors (Lipinski definition) is 7. The van der Waals surface area contributed by atoms with Gasteiger partial charge in [-0.3, -0.25) is 14.3 Å². The van der Waals surface area contributed by atoms with E-state index < -0.39 is 41.4 Å². The highest BCUT2D eigenvalue weighted by Crippen LogP contribution is 2.51. The van der Waals surface area contributed by atoms with Gasteiger partial charge in [-0.2, -0.15) is 5.26 Å². The summed E-state index contributed by atoms with van der Waals surface area (Å²) in [6.07, 6.45) is -0.942. The second-order valence-electron chi connectivity index (χ2n) is 5.01. The van der Waals surface area contributed by atoms with Crippen LogP contribution in [0, 0.1) is 11.3 Å². The molecule has 9 nitrogen and oxygen atoms in total. The second-order valence-corrected chi connectivity index (χ2v) is 5.01. The Balaban J connectivity index is 2.22. The molecule has 4 atom stereocenters. The number of aliphatic hydroxyl groups is 2. The molecular formula is C12H13N3O6. The van der Waals surface area contributed by atoms with E-state index in [1.807, 2.05) is 11.1 Å². The summed E-state index contributed by atoms with van der Waals surface area (Å²) in [6.45, 7) is -0.242. The van der Waals surface area contributed by atoms with Gasteiger partial charge in [0.1, 0.15) is 18.3 Å². The summed E-state index contributed by atoms with van der Waals surface area (Å²) in [6, 6.07) is 2.93. The van der Waals surface area contributed by atoms with Gasteiger partial charge in [-0.15, -0.1) is 0 Å². The molecule has 3 rings (SSSR count). The molecule has 9 heteroatoms. The van der Waals surface area contributed by atoms with E-state index in [4.69, 9.17) is 9.47 Å². The maximum atomic E-state index is 12.0. The highest BCUT2D eigenvalue weighted by Gasteiger charge is 2.71. The zero-order valence-electron chi connectivity index (χ0n) is 10.9. The van der Waals surface area contributed by atoms with Crippen LogP contribution >= 0.6 is 0 Å². The minimum atomic E-state index is -1.95. The van der Waals surface area contributed by atoms with Crippen LogP contribution < -0.4 is 11.2 Å². The molecule has 2 aliphatic rings. The molecule has 0 bridgehead atoms. The van der Waals surface area contributed by atoms with Crippen molar-refractivity contribution in [2.45, 2.75) is 30.0 Å². The van der Waals surface area contributed by atoms with Crippen LogP contribution in [0.2, 0.25) is 0 Å². The number of H-pyrrole nitrogens is 1.